The molecule has 16 heavy (non-hydrogen) atoms. The van der Waals surface area contributed by atoms with Crippen molar-refractivity contribution < 1.29 is 14.7 Å². The Bertz CT molecular complexity index is 454. The van der Waals surface area contributed by atoms with Crippen LogP contribution in [0.1, 0.15) is 18.0 Å². The number of hydrogen-bond acceptors (Lipinski definition) is 2. The number of nitrogens with one attached hydrogen (secondary N) is 1. The van der Waals surface area contributed by atoms with Gasteiger partial charge in [-0.1, -0.05) is 30.3 Å². The van der Waals surface area contributed by atoms with Gasteiger partial charge >= 0.3 is 12.0 Å². The van der Waals surface area contributed by atoms with E-state index < -0.39 is 12.0 Å². The third-order valence-electron chi connectivity index (χ3n) is 2.38. The molecule has 0 aliphatic carbocycles. The monoisotopic (exact) mass is 218 g/mol. The zero-order chi connectivity index (χ0) is 11.5. The Morgan fingerprint density at radius 2 is 2.06 bits per heavy atom. The van der Waals surface area contributed by atoms with Crippen LogP contribution >= 0.6 is 0 Å². The van der Waals surface area contributed by atoms with Crippen LogP contribution in [0.3, 0.4) is 0 Å². The van der Waals surface area contributed by atoms with Crippen molar-refractivity contribution in [1.29, 1.82) is 0 Å². The fraction of sp³-hybridized carbons (Fsp3) is 0.182. The van der Waals surface area contributed by atoms with Gasteiger partial charge in [-0.25, -0.2) is 9.59 Å². The zero-order valence-electron chi connectivity index (χ0n) is 8.38. The normalized spacial score (nSPS) is 19.9. The summed E-state index contributed by atoms with van der Waals surface area (Å²) in [6.45, 7) is 0. The molecule has 0 radical (unpaired) electrons. The Morgan fingerprint density at radius 3 is 2.69 bits per heavy atom. The second kappa shape index (κ2) is 4.14. The highest BCUT2D eigenvalue weighted by molar-refractivity contribution is 6.37. The number of carboxylic acids is 1. The summed E-state index contributed by atoms with van der Waals surface area (Å²) in [5.74, 6) is -1.14. The SMILES string of the molecule is O=C1N=C(C(=O)O)CC(c2ccccc2)N1. The van der Waals surface area contributed by atoms with Crippen LogP contribution in [0.4, 0.5) is 4.79 Å². The fourth-order valence-corrected chi connectivity index (χ4v) is 1.62. The minimum absolute atomic E-state index is 0.0994. The lowest BCUT2D eigenvalue weighted by Gasteiger charge is -2.21. The van der Waals surface area contributed by atoms with Crippen LogP contribution in [0.15, 0.2) is 35.3 Å². The van der Waals surface area contributed by atoms with Crippen molar-refractivity contribution >= 4 is 17.7 Å². The average molecular weight is 218 g/mol. The number of carbonyl (C=O) groups excluding carboxylic acids is 1. The summed E-state index contributed by atoms with van der Waals surface area (Å²) in [4.78, 5) is 25.4. The predicted molar refractivity (Wildman–Crippen MR) is 57.4 cm³/mol. The Labute approximate surface area is 91.8 Å². The Balaban J connectivity index is 2.25. The molecule has 0 saturated carbocycles. The van der Waals surface area contributed by atoms with Gasteiger partial charge in [-0.3, -0.25) is 0 Å². The van der Waals surface area contributed by atoms with E-state index in [1.807, 2.05) is 30.3 Å². The van der Waals surface area contributed by atoms with E-state index in [0.29, 0.717) is 0 Å². The second-order valence-corrected chi connectivity index (χ2v) is 3.48. The minimum atomic E-state index is -1.14. The van der Waals surface area contributed by atoms with E-state index in [0.717, 1.165) is 5.56 Å². The molecule has 5 nitrogen and oxygen atoms in total. The van der Waals surface area contributed by atoms with Crippen LogP contribution in [0.5, 0.6) is 0 Å². The maximum Gasteiger partial charge on any atom is 0.350 e. The van der Waals surface area contributed by atoms with Crippen LogP contribution < -0.4 is 5.32 Å². The zero-order valence-corrected chi connectivity index (χ0v) is 8.38. The lowest BCUT2D eigenvalue weighted by atomic mass is 10.00. The predicted octanol–water partition coefficient (Wildman–Crippen LogP) is 1.37. The van der Waals surface area contributed by atoms with Gasteiger partial charge in [-0.15, -0.1) is 0 Å². The first-order valence-corrected chi connectivity index (χ1v) is 4.83. The first-order chi connectivity index (χ1) is 7.66. The van der Waals surface area contributed by atoms with Gasteiger partial charge < -0.3 is 10.4 Å². The van der Waals surface area contributed by atoms with E-state index in [-0.39, 0.29) is 18.2 Å². The average Bonchev–Trinajstić information content (AvgIpc) is 2.29. The van der Waals surface area contributed by atoms with Crippen molar-refractivity contribution in [3.05, 3.63) is 35.9 Å². The number of carbonyl (C=O) groups is 2. The summed E-state index contributed by atoms with van der Waals surface area (Å²) < 4.78 is 0. The summed E-state index contributed by atoms with van der Waals surface area (Å²) >= 11 is 0. The van der Waals surface area contributed by atoms with E-state index in [1.165, 1.54) is 0 Å². The molecule has 0 aromatic heterocycles. The van der Waals surface area contributed by atoms with E-state index in [4.69, 9.17) is 5.11 Å². The molecule has 1 aliphatic heterocycles. The molecule has 2 N–H and O–H groups in total. The summed E-state index contributed by atoms with van der Waals surface area (Å²) in [6, 6.07) is 8.32. The molecule has 2 amide bonds. The quantitative estimate of drug-likeness (QED) is 0.786. The van der Waals surface area contributed by atoms with Crippen molar-refractivity contribution in [2.75, 3.05) is 0 Å². The van der Waals surface area contributed by atoms with Crippen molar-refractivity contribution in [1.82, 2.24) is 5.32 Å². The Morgan fingerprint density at radius 1 is 1.38 bits per heavy atom. The van der Waals surface area contributed by atoms with Gasteiger partial charge in [0.2, 0.25) is 0 Å². The summed E-state index contributed by atoms with van der Waals surface area (Å²) in [7, 11) is 0. The lowest BCUT2D eigenvalue weighted by Crippen LogP contribution is -2.35. The van der Waals surface area contributed by atoms with E-state index in [1.54, 1.807) is 0 Å². The molecule has 1 heterocycles. The van der Waals surface area contributed by atoms with E-state index >= 15 is 0 Å². The van der Waals surface area contributed by atoms with Gasteiger partial charge in [0.15, 0.2) is 0 Å². The first-order valence-electron chi connectivity index (χ1n) is 4.83. The largest absolute Gasteiger partial charge is 0.477 e. The van der Waals surface area contributed by atoms with Crippen LogP contribution in [0.25, 0.3) is 0 Å². The summed E-state index contributed by atoms with van der Waals surface area (Å²) in [5.41, 5.74) is 0.780. The highest BCUT2D eigenvalue weighted by atomic mass is 16.4. The molecule has 5 heteroatoms. The summed E-state index contributed by atoms with van der Waals surface area (Å²) in [5, 5.41) is 11.4. The molecule has 1 unspecified atom stereocenters. The molecule has 1 aromatic carbocycles. The van der Waals surface area contributed by atoms with Crippen LogP contribution in [-0.2, 0) is 4.79 Å². The number of urea groups is 1. The number of hydrogen-bond donors (Lipinski definition) is 2. The smallest absolute Gasteiger partial charge is 0.350 e. The second-order valence-electron chi connectivity index (χ2n) is 3.48. The molecule has 1 aliphatic rings. The maximum absolute atomic E-state index is 11.2. The van der Waals surface area contributed by atoms with Crippen LogP contribution in [0, 0.1) is 0 Å². The molecule has 82 valence electrons. The number of carboxylic acid groups (broad SMARTS) is 1. The fourth-order valence-electron chi connectivity index (χ4n) is 1.62. The molecule has 0 saturated heterocycles. The van der Waals surface area contributed by atoms with Gasteiger partial charge in [-0.2, -0.15) is 4.99 Å². The topological polar surface area (TPSA) is 78.8 Å². The number of nitrogens with zero attached hydrogens (tertiary/aromatic N) is 1. The molecular formula is C11H10N2O3. The third kappa shape index (κ3) is 2.08. The molecule has 1 aromatic rings. The standard InChI is InChI=1S/C11H10N2O3/c14-10(15)9-6-8(12-11(16)13-9)7-4-2-1-3-5-7/h1-5,8H,6H2,(H,12,16)(H,14,15). The van der Waals surface area contributed by atoms with Crippen molar-refractivity contribution in [2.45, 2.75) is 12.5 Å². The highest BCUT2D eigenvalue weighted by Gasteiger charge is 2.25. The maximum atomic E-state index is 11.2. The first kappa shape index (κ1) is 10.4. The Hall–Kier alpha value is -2.17. The third-order valence-corrected chi connectivity index (χ3v) is 2.38. The van der Waals surface area contributed by atoms with Crippen molar-refractivity contribution in [2.24, 2.45) is 4.99 Å². The number of benzene rings is 1. The van der Waals surface area contributed by atoms with Crippen LogP contribution in [-0.4, -0.2) is 22.8 Å². The number of amides is 2. The van der Waals surface area contributed by atoms with E-state index in [2.05, 4.69) is 10.3 Å². The number of aliphatic imine (C=N–C) groups is 1. The molecule has 0 bridgehead atoms. The van der Waals surface area contributed by atoms with Crippen molar-refractivity contribution in [3.8, 4) is 0 Å². The van der Waals surface area contributed by atoms with E-state index in [9.17, 15) is 9.59 Å². The molecular weight excluding hydrogens is 208 g/mol. The summed E-state index contributed by atoms with van der Waals surface area (Å²) in [6.07, 6.45) is 0.213. The van der Waals surface area contributed by atoms with Gasteiger partial charge in [0.1, 0.15) is 5.71 Å². The molecule has 0 spiro atoms. The minimum Gasteiger partial charge on any atom is -0.477 e. The van der Waals surface area contributed by atoms with Gasteiger partial charge in [-0.05, 0) is 5.56 Å². The number of rotatable bonds is 2. The van der Waals surface area contributed by atoms with Crippen LogP contribution in [0.2, 0.25) is 0 Å². The lowest BCUT2D eigenvalue weighted by molar-refractivity contribution is -0.129. The molecule has 0 fully saturated rings. The Kier molecular flexibility index (Phi) is 2.68. The van der Waals surface area contributed by atoms with Gasteiger partial charge in [0.05, 0.1) is 6.04 Å². The van der Waals surface area contributed by atoms with Crippen molar-refractivity contribution in [3.63, 3.8) is 0 Å². The molecule has 2 rings (SSSR count). The number of aliphatic carboxylic acids is 1. The highest BCUT2D eigenvalue weighted by Crippen LogP contribution is 2.20. The van der Waals surface area contributed by atoms with Gasteiger partial charge in [0.25, 0.3) is 0 Å². The van der Waals surface area contributed by atoms with Gasteiger partial charge in [0, 0.05) is 6.42 Å². The molecule has 1 atom stereocenters.